The Morgan fingerprint density at radius 3 is 2.29 bits per heavy atom. The van der Waals surface area contributed by atoms with Gasteiger partial charge >= 0.3 is 5.97 Å². The molecule has 3 nitrogen and oxygen atoms in total. The molecule has 0 radical (unpaired) electrons. The second-order valence-corrected chi connectivity index (χ2v) is 5.24. The minimum absolute atomic E-state index is 0.0753. The van der Waals surface area contributed by atoms with Gasteiger partial charge in [0.15, 0.2) is 0 Å². The predicted octanol–water partition coefficient (Wildman–Crippen LogP) is 4.57. The van der Waals surface area contributed by atoms with Gasteiger partial charge in [0, 0.05) is 11.8 Å². The van der Waals surface area contributed by atoms with Crippen molar-refractivity contribution in [2.24, 2.45) is 0 Å². The minimum atomic E-state index is -0.996. The van der Waals surface area contributed by atoms with Gasteiger partial charge < -0.3 is 5.11 Å². The van der Waals surface area contributed by atoms with Crippen LogP contribution in [0.2, 0.25) is 0 Å². The largest absolute Gasteiger partial charge is 0.477 e. The molecule has 0 saturated heterocycles. The predicted molar refractivity (Wildman–Crippen MR) is 84.5 cm³/mol. The number of nitrogens with zero attached hydrogens (tertiary/aromatic N) is 1. The molecule has 0 aliphatic rings. The fourth-order valence-electron chi connectivity index (χ4n) is 2.31. The highest BCUT2D eigenvalue weighted by Gasteiger charge is 2.04. The standard InChI is InChI=1S/C18H21NO2/c1-2-3-4-5-6-14-7-9-15(10-8-14)16-11-12-17(18(20)21)19-13-16/h7-13H,2-6H2,1H3,(H,20,21). The van der Waals surface area contributed by atoms with Crippen LogP contribution in [0, 0.1) is 0 Å². The van der Waals surface area contributed by atoms with Crippen LogP contribution < -0.4 is 0 Å². The van der Waals surface area contributed by atoms with Crippen LogP contribution in [-0.2, 0) is 6.42 Å². The molecule has 0 aliphatic heterocycles. The summed E-state index contributed by atoms with van der Waals surface area (Å²) >= 11 is 0. The van der Waals surface area contributed by atoms with Crippen LogP contribution in [0.25, 0.3) is 11.1 Å². The number of hydrogen-bond donors (Lipinski definition) is 1. The fraction of sp³-hybridized carbons (Fsp3) is 0.333. The second kappa shape index (κ2) is 7.58. The third-order valence-electron chi connectivity index (χ3n) is 3.59. The van der Waals surface area contributed by atoms with Gasteiger partial charge in [0.2, 0.25) is 0 Å². The third kappa shape index (κ3) is 4.42. The van der Waals surface area contributed by atoms with E-state index in [0.29, 0.717) is 0 Å². The lowest BCUT2D eigenvalue weighted by molar-refractivity contribution is 0.0690. The fourth-order valence-corrected chi connectivity index (χ4v) is 2.31. The van der Waals surface area contributed by atoms with Crippen molar-refractivity contribution >= 4 is 5.97 Å². The molecule has 110 valence electrons. The van der Waals surface area contributed by atoms with E-state index in [1.54, 1.807) is 12.3 Å². The van der Waals surface area contributed by atoms with Crippen molar-refractivity contribution in [1.82, 2.24) is 4.98 Å². The van der Waals surface area contributed by atoms with Gasteiger partial charge in [-0.2, -0.15) is 0 Å². The SMILES string of the molecule is CCCCCCc1ccc(-c2ccc(C(=O)O)nc2)cc1. The van der Waals surface area contributed by atoms with Crippen LogP contribution in [-0.4, -0.2) is 16.1 Å². The molecule has 1 N–H and O–H groups in total. The van der Waals surface area contributed by atoms with Gasteiger partial charge in [-0.15, -0.1) is 0 Å². The number of carboxylic acids is 1. The monoisotopic (exact) mass is 283 g/mol. The van der Waals surface area contributed by atoms with Crippen molar-refractivity contribution < 1.29 is 9.90 Å². The van der Waals surface area contributed by atoms with Crippen molar-refractivity contribution in [3.05, 3.63) is 53.9 Å². The normalized spacial score (nSPS) is 10.5. The minimum Gasteiger partial charge on any atom is -0.477 e. The summed E-state index contributed by atoms with van der Waals surface area (Å²) in [6.45, 7) is 2.22. The maximum absolute atomic E-state index is 10.8. The molecule has 0 unspecified atom stereocenters. The van der Waals surface area contributed by atoms with Gasteiger partial charge in [-0.3, -0.25) is 0 Å². The molecule has 2 aromatic rings. The number of aromatic carboxylic acids is 1. The number of aryl methyl sites for hydroxylation is 1. The molecule has 0 bridgehead atoms. The van der Waals surface area contributed by atoms with E-state index in [1.807, 2.05) is 0 Å². The Labute approximate surface area is 125 Å². The molecule has 0 aliphatic carbocycles. The number of benzene rings is 1. The number of pyridine rings is 1. The molecular weight excluding hydrogens is 262 g/mol. The maximum Gasteiger partial charge on any atom is 0.354 e. The summed E-state index contributed by atoms with van der Waals surface area (Å²) in [4.78, 5) is 14.7. The van der Waals surface area contributed by atoms with Crippen molar-refractivity contribution in [1.29, 1.82) is 0 Å². The average Bonchev–Trinajstić information content (AvgIpc) is 2.52. The molecule has 1 heterocycles. The highest BCUT2D eigenvalue weighted by atomic mass is 16.4. The Kier molecular flexibility index (Phi) is 5.50. The van der Waals surface area contributed by atoms with Gasteiger partial charge in [0.05, 0.1) is 0 Å². The summed E-state index contributed by atoms with van der Waals surface area (Å²) in [5, 5.41) is 8.84. The first-order chi connectivity index (χ1) is 10.2. The van der Waals surface area contributed by atoms with Gasteiger partial charge in [-0.25, -0.2) is 9.78 Å². The molecule has 0 atom stereocenters. The molecule has 2 rings (SSSR count). The summed E-state index contributed by atoms with van der Waals surface area (Å²) in [6, 6.07) is 11.8. The zero-order chi connectivity index (χ0) is 15.1. The summed E-state index contributed by atoms with van der Waals surface area (Å²) < 4.78 is 0. The zero-order valence-electron chi connectivity index (χ0n) is 12.4. The van der Waals surface area contributed by atoms with E-state index in [4.69, 9.17) is 5.11 Å². The quantitative estimate of drug-likeness (QED) is 0.757. The van der Waals surface area contributed by atoms with Gasteiger partial charge in [0.1, 0.15) is 5.69 Å². The van der Waals surface area contributed by atoms with E-state index in [2.05, 4.69) is 36.2 Å². The molecule has 1 aromatic carbocycles. The molecule has 0 saturated carbocycles. The third-order valence-corrected chi connectivity index (χ3v) is 3.59. The topological polar surface area (TPSA) is 50.2 Å². The highest BCUT2D eigenvalue weighted by molar-refractivity contribution is 5.85. The van der Waals surface area contributed by atoms with Crippen LogP contribution in [0.4, 0.5) is 0 Å². The van der Waals surface area contributed by atoms with E-state index >= 15 is 0 Å². The number of carboxylic acid groups (broad SMARTS) is 1. The van der Waals surface area contributed by atoms with Crippen molar-refractivity contribution in [2.45, 2.75) is 39.0 Å². The van der Waals surface area contributed by atoms with E-state index in [1.165, 1.54) is 37.3 Å². The van der Waals surface area contributed by atoms with E-state index in [9.17, 15) is 4.79 Å². The Hall–Kier alpha value is -2.16. The van der Waals surface area contributed by atoms with Crippen LogP contribution in [0.3, 0.4) is 0 Å². The van der Waals surface area contributed by atoms with Crippen LogP contribution in [0.5, 0.6) is 0 Å². The average molecular weight is 283 g/mol. The number of aromatic nitrogens is 1. The number of hydrogen-bond acceptors (Lipinski definition) is 2. The first-order valence-electron chi connectivity index (χ1n) is 7.49. The molecule has 1 aromatic heterocycles. The number of unbranched alkanes of at least 4 members (excludes halogenated alkanes) is 3. The Balaban J connectivity index is 1.99. The lowest BCUT2D eigenvalue weighted by Gasteiger charge is -2.05. The Bertz CT molecular complexity index is 573. The van der Waals surface area contributed by atoms with Crippen LogP contribution >= 0.6 is 0 Å². The van der Waals surface area contributed by atoms with Crippen molar-refractivity contribution in [3.63, 3.8) is 0 Å². The van der Waals surface area contributed by atoms with Gasteiger partial charge in [-0.1, -0.05) is 56.5 Å². The lowest BCUT2D eigenvalue weighted by Crippen LogP contribution is -1.99. The molecule has 0 spiro atoms. The summed E-state index contributed by atoms with van der Waals surface area (Å²) in [5.74, 6) is -0.996. The van der Waals surface area contributed by atoms with E-state index in [-0.39, 0.29) is 5.69 Å². The lowest BCUT2D eigenvalue weighted by atomic mass is 10.0. The Morgan fingerprint density at radius 1 is 1.00 bits per heavy atom. The van der Waals surface area contributed by atoms with Crippen LogP contribution in [0.15, 0.2) is 42.6 Å². The van der Waals surface area contributed by atoms with Gasteiger partial charge in [-0.05, 0) is 30.0 Å². The maximum atomic E-state index is 10.8. The summed E-state index contributed by atoms with van der Waals surface area (Å²) in [7, 11) is 0. The second-order valence-electron chi connectivity index (χ2n) is 5.24. The smallest absolute Gasteiger partial charge is 0.354 e. The zero-order valence-corrected chi connectivity index (χ0v) is 12.4. The summed E-state index contributed by atoms with van der Waals surface area (Å²) in [6.07, 6.45) is 7.83. The molecule has 21 heavy (non-hydrogen) atoms. The Morgan fingerprint density at radius 2 is 1.71 bits per heavy atom. The molecular formula is C18H21NO2. The van der Waals surface area contributed by atoms with Crippen molar-refractivity contribution in [3.8, 4) is 11.1 Å². The summed E-state index contributed by atoms with van der Waals surface area (Å²) in [5.41, 5.74) is 3.44. The molecule has 0 fully saturated rings. The first-order valence-corrected chi connectivity index (χ1v) is 7.49. The van der Waals surface area contributed by atoms with Crippen LogP contribution in [0.1, 0.15) is 48.7 Å². The molecule has 3 heteroatoms. The number of carbonyl (C=O) groups is 1. The first kappa shape index (κ1) is 15.2. The van der Waals surface area contributed by atoms with E-state index in [0.717, 1.165) is 17.5 Å². The number of rotatable bonds is 7. The van der Waals surface area contributed by atoms with Gasteiger partial charge in [0.25, 0.3) is 0 Å². The molecule has 0 amide bonds. The van der Waals surface area contributed by atoms with E-state index < -0.39 is 5.97 Å². The van der Waals surface area contributed by atoms with Crippen molar-refractivity contribution in [2.75, 3.05) is 0 Å². The highest BCUT2D eigenvalue weighted by Crippen LogP contribution is 2.20.